The average Bonchev–Trinajstić information content (AvgIpc) is 2.74. The second-order valence-corrected chi connectivity index (χ2v) is 9.24. The second kappa shape index (κ2) is 20.6. The maximum atomic E-state index is 12.9. The molecule has 0 aliphatic carbocycles. The Bertz CT molecular complexity index is 493. The van der Waals surface area contributed by atoms with Gasteiger partial charge in [0, 0.05) is 39.1 Å². The third-order valence-electron chi connectivity index (χ3n) is 4.44. The van der Waals surface area contributed by atoms with E-state index in [0.717, 1.165) is 12.8 Å². The number of aliphatic hydroxyl groups excluding tert-OH is 2. The van der Waals surface area contributed by atoms with Crippen LogP contribution in [0.4, 0.5) is 0 Å². The number of hydrogen-bond acceptors (Lipinski definition) is 10. The van der Waals surface area contributed by atoms with Gasteiger partial charge in [0.25, 0.3) is 0 Å². The summed E-state index contributed by atoms with van der Waals surface area (Å²) in [7, 11) is -3.36. The van der Waals surface area contributed by atoms with Crippen molar-refractivity contribution in [2.24, 2.45) is 0 Å². The summed E-state index contributed by atoms with van der Waals surface area (Å²) in [6.45, 7) is 4.93. The van der Waals surface area contributed by atoms with Gasteiger partial charge in [-0.05, 0) is 39.5 Å². The Kier molecular flexibility index (Phi) is 19.9. The lowest BCUT2D eigenvalue weighted by Crippen LogP contribution is -2.33. The molecule has 0 atom stereocenters. The highest BCUT2D eigenvalue weighted by molar-refractivity contribution is 7.53. The van der Waals surface area contributed by atoms with Crippen molar-refractivity contribution in [2.75, 3.05) is 59.0 Å². The first kappa shape index (κ1) is 31.0. The standard InChI is InChI=1S/C21H42NO9P/c1-3-30-32(27,31-4-2)19-22(13-17-28-20(25)11-7-5-9-15-23)14-18-29-21(26)12-8-6-10-16-24/h23-24H,3-19H2,1-2H3. The number of hydrogen-bond donors (Lipinski definition) is 2. The molecule has 0 aromatic carbocycles. The van der Waals surface area contributed by atoms with Crippen molar-refractivity contribution in [3.8, 4) is 0 Å². The van der Waals surface area contributed by atoms with E-state index in [4.69, 9.17) is 28.7 Å². The van der Waals surface area contributed by atoms with Gasteiger partial charge in [0.05, 0.1) is 13.2 Å². The molecule has 0 aliphatic heterocycles. The van der Waals surface area contributed by atoms with Gasteiger partial charge in [0.15, 0.2) is 0 Å². The van der Waals surface area contributed by atoms with Crippen molar-refractivity contribution in [3.05, 3.63) is 0 Å². The highest BCUT2D eigenvalue weighted by Gasteiger charge is 2.27. The Morgan fingerprint density at radius 3 is 1.56 bits per heavy atom. The second-order valence-electron chi connectivity index (χ2n) is 7.22. The average molecular weight is 484 g/mol. The molecule has 0 aromatic heterocycles. The molecule has 190 valence electrons. The predicted octanol–water partition coefficient (Wildman–Crippen LogP) is 2.70. The summed E-state index contributed by atoms with van der Waals surface area (Å²) in [6, 6.07) is 0. The Hall–Kier alpha value is -1.03. The van der Waals surface area contributed by atoms with E-state index in [9.17, 15) is 14.2 Å². The van der Waals surface area contributed by atoms with E-state index in [1.54, 1.807) is 18.7 Å². The third kappa shape index (κ3) is 17.5. The van der Waals surface area contributed by atoms with Crippen LogP contribution in [-0.4, -0.2) is 86.1 Å². The van der Waals surface area contributed by atoms with Crippen molar-refractivity contribution >= 4 is 19.5 Å². The van der Waals surface area contributed by atoms with Gasteiger partial charge < -0.3 is 28.7 Å². The van der Waals surface area contributed by atoms with E-state index in [-0.39, 0.29) is 70.7 Å². The van der Waals surface area contributed by atoms with Crippen molar-refractivity contribution in [3.63, 3.8) is 0 Å². The van der Waals surface area contributed by atoms with E-state index >= 15 is 0 Å². The molecule has 0 heterocycles. The van der Waals surface area contributed by atoms with Crippen LogP contribution < -0.4 is 0 Å². The monoisotopic (exact) mass is 483 g/mol. The topological polar surface area (TPSA) is 132 Å². The lowest BCUT2D eigenvalue weighted by Gasteiger charge is -2.26. The minimum Gasteiger partial charge on any atom is -0.464 e. The molecule has 0 bridgehead atoms. The first-order valence-electron chi connectivity index (χ1n) is 11.5. The van der Waals surface area contributed by atoms with Crippen LogP contribution in [0.15, 0.2) is 0 Å². The maximum absolute atomic E-state index is 12.9. The van der Waals surface area contributed by atoms with Crippen molar-refractivity contribution in [1.82, 2.24) is 4.90 Å². The number of carbonyl (C=O) groups is 2. The van der Waals surface area contributed by atoms with Crippen LogP contribution in [-0.2, 0) is 32.7 Å². The predicted molar refractivity (Wildman–Crippen MR) is 120 cm³/mol. The molecule has 0 saturated heterocycles. The van der Waals surface area contributed by atoms with Crippen LogP contribution in [0.25, 0.3) is 0 Å². The molecule has 0 spiro atoms. The van der Waals surface area contributed by atoms with Crippen LogP contribution in [0.3, 0.4) is 0 Å². The van der Waals surface area contributed by atoms with Gasteiger partial charge in [-0.25, -0.2) is 0 Å². The van der Waals surface area contributed by atoms with E-state index in [1.807, 2.05) is 0 Å². The van der Waals surface area contributed by atoms with Crippen molar-refractivity contribution in [2.45, 2.75) is 65.2 Å². The number of ether oxygens (including phenoxy) is 2. The number of aliphatic hydroxyl groups is 2. The van der Waals surface area contributed by atoms with E-state index < -0.39 is 7.60 Å². The summed E-state index contributed by atoms with van der Waals surface area (Å²) in [5.74, 6) is -0.648. The highest BCUT2D eigenvalue weighted by Crippen LogP contribution is 2.48. The molecule has 0 unspecified atom stereocenters. The Morgan fingerprint density at radius 1 is 0.750 bits per heavy atom. The van der Waals surface area contributed by atoms with Crippen LogP contribution in [0.2, 0.25) is 0 Å². The zero-order chi connectivity index (χ0) is 24.1. The van der Waals surface area contributed by atoms with Gasteiger partial charge in [-0.2, -0.15) is 0 Å². The van der Waals surface area contributed by atoms with Gasteiger partial charge in [-0.15, -0.1) is 0 Å². The van der Waals surface area contributed by atoms with Gasteiger partial charge >= 0.3 is 19.5 Å². The fourth-order valence-corrected chi connectivity index (χ4v) is 4.65. The molecule has 11 heteroatoms. The quantitative estimate of drug-likeness (QED) is 0.135. The first-order chi connectivity index (χ1) is 15.4. The minimum atomic E-state index is -3.36. The van der Waals surface area contributed by atoms with Crippen LogP contribution in [0.5, 0.6) is 0 Å². The van der Waals surface area contributed by atoms with E-state index in [2.05, 4.69) is 0 Å². The molecule has 0 fully saturated rings. The number of rotatable bonds is 22. The molecule has 0 amide bonds. The molecule has 0 rings (SSSR count). The summed E-state index contributed by atoms with van der Waals surface area (Å²) in [6.07, 6.45) is 4.70. The van der Waals surface area contributed by atoms with Crippen molar-refractivity contribution in [1.29, 1.82) is 0 Å². The number of unbranched alkanes of at least 4 members (excludes halogenated alkanes) is 4. The molecule has 0 aromatic rings. The first-order valence-corrected chi connectivity index (χ1v) is 13.3. The SMILES string of the molecule is CCOP(=O)(CN(CCOC(=O)CCCCCO)CCOC(=O)CCCCCO)OCC. The Balaban J connectivity index is 4.58. The van der Waals surface area contributed by atoms with Crippen LogP contribution in [0.1, 0.15) is 65.2 Å². The Morgan fingerprint density at radius 2 is 1.19 bits per heavy atom. The van der Waals surface area contributed by atoms with Gasteiger partial charge in [0.1, 0.15) is 19.5 Å². The van der Waals surface area contributed by atoms with E-state index in [1.165, 1.54) is 0 Å². The smallest absolute Gasteiger partial charge is 0.344 e. The highest BCUT2D eigenvalue weighted by atomic mass is 31.2. The molecule has 2 N–H and O–H groups in total. The van der Waals surface area contributed by atoms with Gasteiger partial charge in [-0.3, -0.25) is 19.1 Å². The molecule has 0 saturated carbocycles. The summed E-state index contributed by atoms with van der Waals surface area (Å²) < 4.78 is 34.1. The number of esters is 2. The summed E-state index contributed by atoms with van der Waals surface area (Å²) >= 11 is 0. The molecule has 0 aliphatic rings. The summed E-state index contributed by atoms with van der Waals surface area (Å²) in [5.41, 5.74) is 0. The van der Waals surface area contributed by atoms with Gasteiger partial charge in [0.2, 0.25) is 0 Å². The fraction of sp³-hybridized carbons (Fsp3) is 0.905. The zero-order valence-corrected chi connectivity index (χ0v) is 20.6. The number of carbonyl (C=O) groups excluding carboxylic acids is 2. The molecular weight excluding hydrogens is 441 g/mol. The zero-order valence-electron chi connectivity index (χ0n) is 19.7. The minimum absolute atomic E-state index is 0.00319. The molecule has 0 radical (unpaired) electrons. The fourth-order valence-electron chi connectivity index (χ4n) is 2.85. The Labute approximate surface area is 192 Å². The lowest BCUT2D eigenvalue weighted by atomic mass is 10.2. The van der Waals surface area contributed by atoms with Crippen LogP contribution in [0, 0.1) is 0 Å². The maximum Gasteiger partial charge on any atom is 0.344 e. The molecule has 32 heavy (non-hydrogen) atoms. The van der Waals surface area contributed by atoms with Crippen molar-refractivity contribution < 1.29 is 42.9 Å². The summed E-state index contributed by atoms with van der Waals surface area (Å²) in [5, 5.41) is 17.5. The van der Waals surface area contributed by atoms with Gasteiger partial charge in [-0.1, -0.05) is 12.8 Å². The third-order valence-corrected chi connectivity index (χ3v) is 6.49. The largest absolute Gasteiger partial charge is 0.464 e. The van der Waals surface area contributed by atoms with Crippen LogP contribution >= 0.6 is 7.60 Å². The molecule has 10 nitrogen and oxygen atoms in total. The molecular formula is C21H42NO9P. The van der Waals surface area contributed by atoms with E-state index in [0.29, 0.717) is 38.8 Å². The number of nitrogens with zero attached hydrogens (tertiary/aromatic N) is 1. The summed E-state index contributed by atoms with van der Waals surface area (Å²) in [4.78, 5) is 25.4. The lowest BCUT2D eigenvalue weighted by molar-refractivity contribution is -0.144. The normalized spacial score (nSPS) is 11.7.